The van der Waals surface area contributed by atoms with Gasteiger partial charge in [0.15, 0.2) is 0 Å². The molecule has 0 atom stereocenters. The Balaban J connectivity index is -0.000000438. The highest BCUT2D eigenvalue weighted by atomic mass is 16.2. The first-order valence-electron chi connectivity index (χ1n) is 12.7. The Morgan fingerprint density at radius 3 is 1.00 bits per heavy atom. The molecule has 200 valence electrons. The number of hydrogen-bond donors (Lipinski definition) is 3. The lowest BCUT2D eigenvalue weighted by Crippen LogP contribution is -2.29. The molecule has 3 N–H and O–H groups in total. The molecule has 0 aromatic heterocycles. The second-order valence-electron chi connectivity index (χ2n) is 9.02. The van der Waals surface area contributed by atoms with E-state index in [1.54, 1.807) is 0 Å². The van der Waals surface area contributed by atoms with Crippen LogP contribution in [0.2, 0.25) is 0 Å². The number of carbonyl (C=O) groups excluding carboxylic acids is 5. The van der Waals surface area contributed by atoms with E-state index in [0.29, 0.717) is 38.8 Å². The van der Waals surface area contributed by atoms with Crippen LogP contribution in [0.3, 0.4) is 0 Å². The highest BCUT2D eigenvalue weighted by Gasteiger charge is 2.07. The number of hydrogen-bond acceptors (Lipinski definition) is 5. The van der Waals surface area contributed by atoms with Crippen LogP contribution in [-0.2, 0) is 24.0 Å². The van der Waals surface area contributed by atoms with Crippen LogP contribution in [0.5, 0.6) is 0 Å². The third-order valence-corrected chi connectivity index (χ3v) is 4.39. The predicted octanol–water partition coefficient (Wildman–Crippen LogP) is 3.81. The number of ketones is 2. The topological polar surface area (TPSA) is 121 Å². The van der Waals surface area contributed by atoms with Crippen molar-refractivity contribution in [3.8, 4) is 0 Å². The highest BCUT2D eigenvalue weighted by molar-refractivity contribution is 5.81. The first-order chi connectivity index (χ1) is 15.8. The van der Waals surface area contributed by atoms with Gasteiger partial charge in [0.1, 0.15) is 11.6 Å². The summed E-state index contributed by atoms with van der Waals surface area (Å²) < 4.78 is 0. The maximum atomic E-state index is 11.1. The Labute approximate surface area is 207 Å². The Morgan fingerprint density at radius 1 is 0.500 bits per heavy atom. The summed E-state index contributed by atoms with van der Waals surface area (Å²) in [4.78, 5) is 54.8. The standard InChI is InChI=1S/2C10H19NO2.C6H13NO/c2*1-4-5-9(12)6-7-11-10(13)8(2)3;1-4-7-6(8)5(2)3/h2*8H,4-7H2,1-3H3,(H,11,13);5H,4H2,1-3H3,(H,7,8). The van der Waals surface area contributed by atoms with Gasteiger partial charge in [0.2, 0.25) is 17.7 Å². The van der Waals surface area contributed by atoms with E-state index in [1.165, 1.54) is 0 Å². The highest BCUT2D eigenvalue weighted by Crippen LogP contribution is 1.95. The average molecular weight is 486 g/mol. The molecular weight excluding hydrogens is 434 g/mol. The van der Waals surface area contributed by atoms with Crippen LogP contribution in [-0.4, -0.2) is 48.9 Å². The molecule has 0 radical (unpaired) electrons. The predicted molar refractivity (Wildman–Crippen MR) is 138 cm³/mol. The molecule has 0 heterocycles. The molecule has 8 nitrogen and oxygen atoms in total. The molecule has 0 unspecified atom stereocenters. The zero-order valence-electron chi connectivity index (χ0n) is 23.1. The second kappa shape index (κ2) is 23.9. The summed E-state index contributed by atoms with van der Waals surface area (Å²) in [5, 5.41) is 8.13. The van der Waals surface area contributed by atoms with Crippen molar-refractivity contribution in [2.75, 3.05) is 19.6 Å². The van der Waals surface area contributed by atoms with Crippen molar-refractivity contribution < 1.29 is 24.0 Å². The lowest BCUT2D eigenvalue weighted by Gasteiger charge is -2.06. The Morgan fingerprint density at radius 2 is 0.794 bits per heavy atom. The van der Waals surface area contributed by atoms with Crippen molar-refractivity contribution in [3.63, 3.8) is 0 Å². The molecule has 0 aromatic rings. The summed E-state index contributed by atoms with van der Waals surface area (Å²) in [6.45, 7) is 18.7. The number of amides is 3. The molecule has 3 amide bonds. The minimum absolute atomic E-state index is 0.00118. The largest absolute Gasteiger partial charge is 0.356 e. The van der Waals surface area contributed by atoms with Gasteiger partial charge in [0.05, 0.1) is 0 Å². The molecular formula is C26H51N3O5. The third-order valence-electron chi connectivity index (χ3n) is 4.39. The monoisotopic (exact) mass is 485 g/mol. The van der Waals surface area contributed by atoms with Crippen molar-refractivity contribution in [2.24, 2.45) is 17.8 Å². The fraction of sp³-hybridized carbons (Fsp3) is 0.808. The fourth-order valence-electron chi connectivity index (χ4n) is 2.24. The summed E-state index contributed by atoms with van der Waals surface area (Å²) in [6, 6.07) is 0. The zero-order valence-corrected chi connectivity index (χ0v) is 23.1. The molecule has 0 spiro atoms. The zero-order chi connectivity index (χ0) is 27.1. The summed E-state index contributed by atoms with van der Waals surface area (Å²) >= 11 is 0. The van der Waals surface area contributed by atoms with Gasteiger partial charge in [-0.15, -0.1) is 0 Å². The SMILES string of the molecule is CCCC(=O)CCNC(=O)C(C)C.CCCC(=O)CCNC(=O)C(C)C.CCNC(=O)C(C)C. The van der Waals surface area contributed by atoms with Crippen LogP contribution in [0.4, 0.5) is 0 Å². The minimum atomic E-state index is 0.00118. The summed E-state index contributed by atoms with van der Waals surface area (Å²) in [7, 11) is 0. The van der Waals surface area contributed by atoms with Gasteiger partial charge in [-0.3, -0.25) is 24.0 Å². The average Bonchev–Trinajstić information content (AvgIpc) is 2.74. The van der Waals surface area contributed by atoms with Crippen molar-refractivity contribution in [1.29, 1.82) is 0 Å². The third kappa shape index (κ3) is 26.0. The molecule has 0 aliphatic carbocycles. The van der Waals surface area contributed by atoms with Gasteiger partial charge in [0.25, 0.3) is 0 Å². The van der Waals surface area contributed by atoms with E-state index < -0.39 is 0 Å². The molecule has 0 aromatic carbocycles. The lowest BCUT2D eigenvalue weighted by atomic mass is 10.1. The summed E-state index contributed by atoms with van der Waals surface area (Å²) in [5.41, 5.74) is 0. The van der Waals surface area contributed by atoms with E-state index in [9.17, 15) is 24.0 Å². The lowest BCUT2D eigenvalue weighted by molar-refractivity contribution is -0.125. The van der Waals surface area contributed by atoms with Crippen LogP contribution in [0.1, 0.15) is 101 Å². The molecule has 0 aliphatic rings. The van der Waals surface area contributed by atoms with E-state index in [1.807, 2.05) is 62.3 Å². The second-order valence-corrected chi connectivity index (χ2v) is 9.02. The molecule has 0 rings (SSSR count). The van der Waals surface area contributed by atoms with Gasteiger partial charge in [0, 0.05) is 63.1 Å². The van der Waals surface area contributed by atoms with E-state index in [4.69, 9.17) is 0 Å². The molecule has 0 saturated heterocycles. The van der Waals surface area contributed by atoms with Gasteiger partial charge in [-0.05, 0) is 19.8 Å². The van der Waals surface area contributed by atoms with E-state index in [0.717, 1.165) is 19.4 Å². The molecule has 0 saturated carbocycles. The van der Waals surface area contributed by atoms with Crippen molar-refractivity contribution in [1.82, 2.24) is 16.0 Å². The van der Waals surface area contributed by atoms with Gasteiger partial charge in [-0.25, -0.2) is 0 Å². The number of Topliss-reactive ketones (excluding diaryl/α,β-unsaturated/α-hetero) is 2. The van der Waals surface area contributed by atoms with Crippen molar-refractivity contribution in [3.05, 3.63) is 0 Å². The minimum Gasteiger partial charge on any atom is -0.356 e. The molecule has 0 aliphatic heterocycles. The maximum Gasteiger partial charge on any atom is 0.222 e. The van der Waals surface area contributed by atoms with E-state index >= 15 is 0 Å². The van der Waals surface area contributed by atoms with Gasteiger partial charge < -0.3 is 16.0 Å². The molecule has 34 heavy (non-hydrogen) atoms. The first kappa shape index (κ1) is 36.3. The Hall–Kier alpha value is -2.25. The summed E-state index contributed by atoms with van der Waals surface area (Å²) in [5.74, 6) is 0.747. The van der Waals surface area contributed by atoms with Gasteiger partial charge >= 0.3 is 0 Å². The smallest absolute Gasteiger partial charge is 0.222 e. The van der Waals surface area contributed by atoms with Crippen molar-refractivity contribution in [2.45, 2.75) is 101 Å². The summed E-state index contributed by atoms with van der Waals surface area (Å²) in [6.07, 6.45) is 3.95. The number of carbonyl (C=O) groups is 5. The normalized spacial score (nSPS) is 10.0. The maximum absolute atomic E-state index is 11.1. The number of rotatable bonds is 14. The molecule has 0 bridgehead atoms. The van der Waals surface area contributed by atoms with Crippen LogP contribution in [0, 0.1) is 17.8 Å². The Bertz CT molecular complexity index is 547. The fourth-order valence-corrected chi connectivity index (χ4v) is 2.24. The molecule has 0 fully saturated rings. The van der Waals surface area contributed by atoms with Crippen LogP contribution in [0.25, 0.3) is 0 Å². The van der Waals surface area contributed by atoms with Crippen LogP contribution >= 0.6 is 0 Å². The number of nitrogens with one attached hydrogen (secondary N) is 3. The van der Waals surface area contributed by atoms with Crippen LogP contribution < -0.4 is 16.0 Å². The van der Waals surface area contributed by atoms with Crippen molar-refractivity contribution >= 4 is 29.3 Å². The molecule has 8 heteroatoms. The first-order valence-corrected chi connectivity index (χ1v) is 12.7. The van der Waals surface area contributed by atoms with Crippen LogP contribution in [0.15, 0.2) is 0 Å². The quantitative estimate of drug-likeness (QED) is 0.345. The van der Waals surface area contributed by atoms with Gasteiger partial charge in [-0.1, -0.05) is 55.4 Å². The van der Waals surface area contributed by atoms with E-state index in [2.05, 4.69) is 16.0 Å². The van der Waals surface area contributed by atoms with Gasteiger partial charge in [-0.2, -0.15) is 0 Å². The Kier molecular flexibility index (Phi) is 25.5. The van der Waals surface area contributed by atoms with E-state index in [-0.39, 0.29) is 47.0 Å².